The summed E-state index contributed by atoms with van der Waals surface area (Å²) >= 11 is 0. The lowest BCUT2D eigenvalue weighted by Crippen LogP contribution is -2.33. The number of hydrogen-bond acceptors (Lipinski definition) is 7. The molecule has 1 unspecified atom stereocenters. The van der Waals surface area contributed by atoms with E-state index in [1.54, 1.807) is 0 Å². The summed E-state index contributed by atoms with van der Waals surface area (Å²) < 4.78 is 13.2. The van der Waals surface area contributed by atoms with Crippen LogP contribution in [0.15, 0.2) is 54.6 Å². The highest BCUT2D eigenvalue weighted by Crippen LogP contribution is 2.23. The largest absolute Gasteiger partial charge is 0.370 e. The fourth-order valence-electron chi connectivity index (χ4n) is 3.70. The van der Waals surface area contributed by atoms with Crippen LogP contribution in [0.5, 0.6) is 0 Å². The molecule has 1 aliphatic rings. The minimum atomic E-state index is -0.212. The summed E-state index contributed by atoms with van der Waals surface area (Å²) in [6.07, 6.45) is 0.997. The Morgan fingerprint density at radius 1 is 0.933 bits per heavy atom. The molecule has 0 amide bonds. The summed E-state index contributed by atoms with van der Waals surface area (Å²) in [5, 5.41) is 3.19. The topological polar surface area (TPSA) is 83.2 Å². The summed E-state index contributed by atoms with van der Waals surface area (Å²) in [6, 6.07) is 16.4. The van der Waals surface area contributed by atoms with E-state index >= 15 is 0 Å². The second kappa shape index (κ2) is 9.04. The van der Waals surface area contributed by atoms with Crippen molar-refractivity contribution >= 4 is 23.3 Å². The third-order valence-electron chi connectivity index (χ3n) is 5.34. The number of para-hydroxylation sites is 1. The van der Waals surface area contributed by atoms with Crippen LogP contribution >= 0.6 is 0 Å². The van der Waals surface area contributed by atoms with E-state index in [0.29, 0.717) is 11.8 Å². The molecule has 1 aromatic heterocycles. The molecule has 2 heterocycles. The van der Waals surface area contributed by atoms with Crippen molar-refractivity contribution in [2.75, 3.05) is 42.1 Å². The van der Waals surface area contributed by atoms with Crippen molar-refractivity contribution in [3.8, 4) is 0 Å². The smallest absolute Gasteiger partial charge is 0.232 e. The van der Waals surface area contributed by atoms with Crippen molar-refractivity contribution in [2.45, 2.75) is 19.4 Å². The van der Waals surface area contributed by atoms with Crippen LogP contribution < -0.4 is 16.0 Å². The van der Waals surface area contributed by atoms with Crippen LogP contribution in [0.25, 0.3) is 0 Å². The van der Waals surface area contributed by atoms with E-state index in [1.165, 1.54) is 12.1 Å². The van der Waals surface area contributed by atoms with E-state index in [4.69, 9.17) is 5.73 Å². The standard InChI is InChI=1S/C22H26FN7/c1-16(20-26-21(24)28-22(27-20)25-18-6-3-2-4-7-18)29-12-5-13-30(15-14-29)19-10-8-17(23)9-11-19/h2-4,6-11,16H,5,12-15H2,1H3,(H3,24,25,26,27,28). The molecule has 2 aromatic carbocycles. The third kappa shape index (κ3) is 4.83. The van der Waals surface area contributed by atoms with Crippen LogP contribution in [-0.2, 0) is 0 Å². The van der Waals surface area contributed by atoms with Crippen LogP contribution in [0.1, 0.15) is 25.2 Å². The van der Waals surface area contributed by atoms with Gasteiger partial charge in [-0.3, -0.25) is 4.90 Å². The number of nitrogens with one attached hydrogen (secondary N) is 1. The fourth-order valence-corrected chi connectivity index (χ4v) is 3.70. The number of nitrogens with two attached hydrogens (primary N) is 1. The van der Waals surface area contributed by atoms with Gasteiger partial charge < -0.3 is 16.0 Å². The van der Waals surface area contributed by atoms with Gasteiger partial charge in [0.05, 0.1) is 6.04 Å². The van der Waals surface area contributed by atoms with Crippen molar-refractivity contribution in [3.63, 3.8) is 0 Å². The molecule has 3 aromatic rings. The van der Waals surface area contributed by atoms with Crippen LogP contribution in [0.2, 0.25) is 0 Å². The number of nitrogens with zero attached hydrogens (tertiary/aromatic N) is 5. The number of aromatic nitrogens is 3. The molecule has 0 bridgehead atoms. The van der Waals surface area contributed by atoms with Crippen LogP contribution in [0.3, 0.4) is 0 Å². The highest BCUT2D eigenvalue weighted by molar-refractivity contribution is 5.53. The van der Waals surface area contributed by atoms with E-state index < -0.39 is 0 Å². The maximum atomic E-state index is 13.2. The number of nitrogen functional groups attached to an aromatic ring is 1. The van der Waals surface area contributed by atoms with Gasteiger partial charge in [0.15, 0.2) is 5.82 Å². The average Bonchev–Trinajstić information content (AvgIpc) is 3.00. The Bertz CT molecular complexity index is 965. The molecular formula is C22H26FN7. The van der Waals surface area contributed by atoms with Gasteiger partial charge in [-0.25, -0.2) is 4.39 Å². The first kappa shape index (κ1) is 20.0. The summed E-state index contributed by atoms with van der Waals surface area (Å²) in [5.41, 5.74) is 7.90. The Morgan fingerprint density at radius 2 is 1.70 bits per heavy atom. The zero-order chi connectivity index (χ0) is 20.9. The van der Waals surface area contributed by atoms with Crippen molar-refractivity contribution in [3.05, 3.63) is 66.2 Å². The first-order valence-electron chi connectivity index (χ1n) is 10.2. The van der Waals surface area contributed by atoms with Gasteiger partial charge in [-0.05, 0) is 49.7 Å². The van der Waals surface area contributed by atoms with Crippen molar-refractivity contribution in [1.82, 2.24) is 19.9 Å². The number of halogens is 1. The molecule has 0 saturated carbocycles. The minimum Gasteiger partial charge on any atom is -0.370 e. The zero-order valence-electron chi connectivity index (χ0n) is 17.0. The Kier molecular flexibility index (Phi) is 6.04. The molecule has 3 N–H and O–H groups in total. The van der Waals surface area contributed by atoms with Crippen molar-refractivity contribution in [1.29, 1.82) is 0 Å². The van der Waals surface area contributed by atoms with Gasteiger partial charge in [0.2, 0.25) is 11.9 Å². The molecule has 0 spiro atoms. The Labute approximate surface area is 175 Å². The summed E-state index contributed by atoms with van der Waals surface area (Å²) in [5.74, 6) is 1.08. The van der Waals surface area contributed by atoms with E-state index in [-0.39, 0.29) is 17.8 Å². The molecule has 156 valence electrons. The average molecular weight is 407 g/mol. The third-order valence-corrected chi connectivity index (χ3v) is 5.34. The van der Waals surface area contributed by atoms with Gasteiger partial charge in [-0.1, -0.05) is 18.2 Å². The van der Waals surface area contributed by atoms with E-state index in [1.807, 2.05) is 42.5 Å². The van der Waals surface area contributed by atoms with Crippen molar-refractivity contribution in [2.24, 2.45) is 0 Å². The molecule has 1 fully saturated rings. The van der Waals surface area contributed by atoms with E-state index in [2.05, 4.69) is 37.0 Å². The van der Waals surface area contributed by atoms with E-state index in [0.717, 1.165) is 44.0 Å². The number of anilines is 4. The first-order valence-corrected chi connectivity index (χ1v) is 10.2. The maximum absolute atomic E-state index is 13.2. The predicted octanol–water partition coefficient (Wildman–Crippen LogP) is 3.61. The first-order chi connectivity index (χ1) is 14.6. The Morgan fingerprint density at radius 3 is 2.47 bits per heavy atom. The fraction of sp³-hybridized carbons (Fsp3) is 0.318. The molecule has 1 aliphatic heterocycles. The van der Waals surface area contributed by atoms with Gasteiger partial charge in [-0.2, -0.15) is 15.0 Å². The zero-order valence-corrected chi connectivity index (χ0v) is 17.0. The molecule has 4 rings (SSSR count). The Hall–Kier alpha value is -3.26. The number of benzene rings is 2. The van der Waals surface area contributed by atoms with Gasteiger partial charge in [0.25, 0.3) is 0 Å². The Balaban J connectivity index is 1.46. The lowest BCUT2D eigenvalue weighted by Gasteiger charge is -2.27. The normalized spacial score (nSPS) is 16.1. The van der Waals surface area contributed by atoms with Gasteiger partial charge in [0, 0.05) is 37.6 Å². The highest BCUT2D eigenvalue weighted by Gasteiger charge is 2.23. The lowest BCUT2D eigenvalue weighted by atomic mass is 10.2. The van der Waals surface area contributed by atoms with Gasteiger partial charge >= 0.3 is 0 Å². The second-order valence-electron chi connectivity index (χ2n) is 7.40. The van der Waals surface area contributed by atoms with Crippen molar-refractivity contribution < 1.29 is 4.39 Å². The van der Waals surface area contributed by atoms with Gasteiger partial charge in [0.1, 0.15) is 5.82 Å². The maximum Gasteiger partial charge on any atom is 0.232 e. The SMILES string of the molecule is CC(c1nc(N)nc(Nc2ccccc2)n1)N1CCCN(c2ccc(F)cc2)CC1. The van der Waals surface area contributed by atoms with Crippen LogP contribution in [0, 0.1) is 5.82 Å². The van der Waals surface area contributed by atoms with Crippen LogP contribution in [-0.4, -0.2) is 46.0 Å². The number of hydrogen-bond donors (Lipinski definition) is 2. The molecule has 0 radical (unpaired) electrons. The summed E-state index contributed by atoms with van der Waals surface area (Å²) in [7, 11) is 0. The van der Waals surface area contributed by atoms with Gasteiger partial charge in [-0.15, -0.1) is 0 Å². The minimum absolute atomic E-state index is 0.000193. The molecule has 1 atom stereocenters. The van der Waals surface area contributed by atoms with Crippen LogP contribution in [0.4, 0.5) is 27.7 Å². The number of rotatable bonds is 5. The lowest BCUT2D eigenvalue weighted by molar-refractivity contribution is 0.218. The summed E-state index contributed by atoms with van der Waals surface area (Å²) in [4.78, 5) is 17.9. The molecule has 30 heavy (non-hydrogen) atoms. The highest BCUT2D eigenvalue weighted by atomic mass is 19.1. The monoisotopic (exact) mass is 407 g/mol. The van der Waals surface area contributed by atoms with E-state index in [9.17, 15) is 4.39 Å². The quantitative estimate of drug-likeness (QED) is 0.668. The molecule has 7 nitrogen and oxygen atoms in total. The summed E-state index contributed by atoms with van der Waals surface area (Å²) in [6.45, 7) is 5.65. The molecular weight excluding hydrogens is 381 g/mol. The predicted molar refractivity (Wildman–Crippen MR) is 117 cm³/mol. The molecule has 8 heteroatoms. The second-order valence-corrected chi connectivity index (χ2v) is 7.40. The molecule has 0 aliphatic carbocycles. The molecule has 1 saturated heterocycles.